The maximum Gasteiger partial charge on any atom is 0.160 e. The van der Waals surface area contributed by atoms with Crippen LogP contribution in [0.3, 0.4) is 0 Å². The molecule has 5 heteroatoms. The lowest BCUT2D eigenvalue weighted by molar-refractivity contribution is 0.343. The van der Waals surface area contributed by atoms with Crippen LogP contribution in [-0.4, -0.2) is 10.2 Å². The molecule has 2 nitrogen and oxygen atoms in total. The summed E-state index contributed by atoms with van der Waals surface area (Å²) in [5.41, 5.74) is 1.82. The molecule has 1 aromatic heterocycles. The zero-order valence-electron chi connectivity index (χ0n) is 13.2. The van der Waals surface area contributed by atoms with Crippen molar-refractivity contribution in [3.63, 3.8) is 0 Å². The number of benzene rings is 1. The molecule has 2 atom stereocenters. The Morgan fingerprint density at radius 2 is 1.78 bits per heavy atom. The minimum Gasteiger partial charge on any atom is -0.206 e. The Morgan fingerprint density at radius 1 is 1.09 bits per heavy atom. The molecule has 1 aliphatic rings. The van der Waals surface area contributed by atoms with E-state index in [0.29, 0.717) is 17.2 Å². The maximum atomic E-state index is 14.3. The third kappa shape index (κ3) is 3.09. The molecule has 23 heavy (non-hydrogen) atoms. The molecule has 0 spiro atoms. The molecule has 3 rings (SSSR count). The predicted molar refractivity (Wildman–Crippen MR) is 87.5 cm³/mol. The largest absolute Gasteiger partial charge is 0.206 e. The summed E-state index contributed by atoms with van der Waals surface area (Å²) in [7, 11) is 0. The van der Waals surface area contributed by atoms with Crippen molar-refractivity contribution in [2.24, 2.45) is 5.92 Å². The monoisotopic (exact) mass is 336 g/mol. The summed E-state index contributed by atoms with van der Waals surface area (Å²) in [6.45, 7) is 4.04. The van der Waals surface area contributed by atoms with Crippen LogP contribution in [0.15, 0.2) is 18.2 Å². The van der Waals surface area contributed by atoms with Gasteiger partial charge in [0.15, 0.2) is 5.15 Å². The van der Waals surface area contributed by atoms with Crippen LogP contribution in [0.25, 0.3) is 11.1 Å². The topological polar surface area (TPSA) is 25.8 Å². The molecule has 2 aromatic rings. The third-order valence-electron chi connectivity index (χ3n) is 4.71. The van der Waals surface area contributed by atoms with E-state index in [1.165, 1.54) is 24.6 Å². The van der Waals surface area contributed by atoms with E-state index in [1.807, 2.05) is 6.92 Å². The zero-order chi connectivity index (χ0) is 16.6. The summed E-state index contributed by atoms with van der Waals surface area (Å²) in [5.74, 6) is -0.451. The standard InChI is InChI=1S/C18H19ClF2N2/c1-10-5-3-6-12(9-10)15-11(2)22-23-18(19)17(15)16-13(20)7-4-8-14(16)21/h4,7-8,10,12H,3,5-6,9H2,1-2H3. The number of aryl methyl sites for hydroxylation is 1. The van der Waals surface area contributed by atoms with Gasteiger partial charge in [0.1, 0.15) is 11.6 Å². The smallest absolute Gasteiger partial charge is 0.160 e. The predicted octanol–water partition coefficient (Wildman–Crippen LogP) is 5.68. The number of halogens is 3. The minimum absolute atomic E-state index is 0.0628. The Morgan fingerprint density at radius 3 is 2.43 bits per heavy atom. The highest BCUT2D eigenvalue weighted by atomic mass is 35.5. The molecule has 0 saturated heterocycles. The van der Waals surface area contributed by atoms with E-state index in [1.54, 1.807) is 0 Å². The van der Waals surface area contributed by atoms with Gasteiger partial charge in [-0.1, -0.05) is 37.4 Å². The first-order chi connectivity index (χ1) is 11.0. The molecule has 1 fully saturated rings. The maximum absolute atomic E-state index is 14.3. The number of hydrogen-bond acceptors (Lipinski definition) is 2. The Labute approximate surface area is 139 Å². The van der Waals surface area contributed by atoms with Crippen molar-refractivity contribution in [3.05, 3.63) is 46.2 Å². The van der Waals surface area contributed by atoms with Gasteiger partial charge in [0.2, 0.25) is 0 Å². The van der Waals surface area contributed by atoms with Gasteiger partial charge in [-0.3, -0.25) is 0 Å². The molecule has 1 heterocycles. The van der Waals surface area contributed by atoms with Gasteiger partial charge >= 0.3 is 0 Å². The molecule has 0 radical (unpaired) electrons. The fourth-order valence-corrected chi connectivity index (χ4v) is 3.92. The van der Waals surface area contributed by atoms with E-state index in [-0.39, 0.29) is 16.6 Å². The Hall–Kier alpha value is -1.55. The average molecular weight is 337 g/mol. The van der Waals surface area contributed by atoms with Crippen molar-refractivity contribution < 1.29 is 8.78 Å². The second kappa shape index (κ2) is 6.52. The first-order valence-corrected chi connectivity index (χ1v) is 8.34. The van der Waals surface area contributed by atoms with Crippen molar-refractivity contribution in [2.45, 2.75) is 45.4 Å². The highest BCUT2D eigenvalue weighted by molar-refractivity contribution is 6.32. The van der Waals surface area contributed by atoms with Gasteiger partial charge in [0.25, 0.3) is 0 Å². The van der Waals surface area contributed by atoms with Gasteiger partial charge in [0.05, 0.1) is 11.3 Å². The van der Waals surface area contributed by atoms with Gasteiger partial charge in [0, 0.05) is 5.56 Å². The summed E-state index contributed by atoms with van der Waals surface area (Å²) in [5, 5.41) is 8.05. The van der Waals surface area contributed by atoms with Crippen LogP contribution in [-0.2, 0) is 0 Å². The van der Waals surface area contributed by atoms with Gasteiger partial charge in [-0.15, -0.1) is 5.10 Å². The highest BCUT2D eigenvalue weighted by Gasteiger charge is 2.29. The van der Waals surface area contributed by atoms with Crippen molar-refractivity contribution in [1.82, 2.24) is 10.2 Å². The van der Waals surface area contributed by atoms with Crippen LogP contribution >= 0.6 is 11.6 Å². The molecular formula is C18H19ClF2N2. The van der Waals surface area contributed by atoms with E-state index >= 15 is 0 Å². The summed E-state index contributed by atoms with van der Waals surface area (Å²) in [4.78, 5) is 0. The van der Waals surface area contributed by atoms with Crippen molar-refractivity contribution in [3.8, 4) is 11.1 Å². The number of nitrogens with zero attached hydrogens (tertiary/aromatic N) is 2. The molecule has 1 aromatic carbocycles. The fraction of sp³-hybridized carbons (Fsp3) is 0.444. The van der Waals surface area contributed by atoms with Crippen molar-refractivity contribution in [1.29, 1.82) is 0 Å². The molecular weight excluding hydrogens is 318 g/mol. The SMILES string of the molecule is Cc1nnc(Cl)c(-c2c(F)cccc2F)c1C1CCCC(C)C1. The molecule has 1 aliphatic carbocycles. The van der Waals surface area contributed by atoms with E-state index in [4.69, 9.17) is 11.6 Å². The molecule has 0 amide bonds. The van der Waals surface area contributed by atoms with Gasteiger partial charge in [-0.2, -0.15) is 5.10 Å². The molecule has 122 valence electrons. The normalized spacial score (nSPS) is 21.4. The summed E-state index contributed by atoms with van der Waals surface area (Å²) < 4.78 is 28.6. The molecule has 0 aliphatic heterocycles. The first kappa shape index (κ1) is 16.3. The van der Waals surface area contributed by atoms with E-state index in [0.717, 1.165) is 24.8 Å². The molecule has 2 unspecified atom stereocenters. The van der Waals surface area contributed by atoms with Crippen LogP contribution in [0.1, 0.15) is 49.8 Å². The second-order valence-electron chi connectivity index (χ2n) is 6.43. The minimum atomic E-state index is -0.621. The van der Waals surface area contributed by atoms with Gasteiger partial charge in [-0.05, 0) is 49.3 Å². The van der Waals surface area contributed by atoms with Crippen LogP contribution in [0.2, 0.25) is 5.15 Å². The van der Waals surface area contributed by atoms with E-state index in [9.17, 15) is 8.78 Å². The lowest BCUT2D eigenvalue weighted by atomic mass is 9.76. The zero-order valence-corrected chi connectivity index (χ0v) is 14.0. The van der Waals surface area contributed by atoms with E-state index < -0.39 is 11.6 Å². The third-order valence-corrected chi connectivity index (χ3v) is 4.98. The summed E-state index contributed by atoms with van der Waals surface area (Å²) in [6, 6.07) is 3.85. The first-order valence-electron chi connectivity index (χ1n) is 7.96. The Kier molecular flexibility index (Phi) is 4.62. The van der Waals surface area contributed by atoms with Crippen LogP contribution in [0, 0.1) is 24.5 Å². The lowest BCUT2D eigenvalue weighted by Crippen LogP contribution is -2.15. The lowest BCUT2D eigenvalue weighted by Gasteiger charge is -2.29. The molecule has 0 bridgehead atoms. The van der Waals surface area contributed by atoms with Gasteiger partial charge in [-0.25, -0.2) is 8.78 Å². The van der Waals surface area contributed by atoms with Crippen molar-refractivity contribution >= 4 is 11.6 Å². The number of rotatable bonds is 2. The average Bonchev–Trinajstić information content (AvgIpc) is 2.50. The Balaban J connectivity index is 2.22. The highest BCUT2D eigenvalue weighted by Crippen LogP contribution is 2.44. The van der Waals surface area contributed by atoms with Crippen LogP contribution in [0.4, 0.5) is 8.78 Å². The summed E-state index contributed by atoms with van der Waals surface area (Å²) in [6.07, 6.45) is 4.25. The second-order valence-corrected chi connectivity index (χ2v) is 6.79. The summed E-state index contributed by atoms with van der Waals surface area (Å²) >= 11 is 6.23. The number of hydrogen-bond donors (Lipinski definition) is 0. The quantitative estimate of drug-likeness (QED) is 0.705. The molecule has 1 saturated carbocycles. The van der Waals surface area contributed by atoms with Crippen molar-refractivity contribution in [2.75, 3.05) is 0 Å². The number of aromatic nitrogens is 2. The van der Waals surface area contributed by atoms with Crippen LogP contribution < -0.4 is 0 Å². The fourth-order valence-electron chi connectivity index (χ4n) is 3.69. The van der Waals surface area contributed by atoms with Gasteiger partial charge < -0.3 is 0 Å². The Bertz CT molecular complexity index is 713. The van der Waals surface area contributed by atoms with Crippen LogP contribution in [0.5, 0.6) is 0 Å². The van der Waals surface area contributed by atoms with E-state index in [2.05, 4.69) is 17.1 Å². The molecule has 0 N–H and O–H groups in total.